The number of carbonyl (C=O) groups is 2. The number of benzene rings is 1. The molecule has 1 N–H and O–H groups in total. The number of hydrogen-bond acceptors (Lipinski definition) is 3. The Balaban J connectivity index is 1.92. The fourth-order valence-corrected chi connectivity index (χ4v) is 2.13. The minimum absolute atomic E-state index is 0.0205. The average molecular weight is 282 g/mol. The van der Waals surface area contributed by atoms with Gasteiger partial charge in [-0.15, -0.1) is 0 Å². The Morgan fingerprint density at radius 2 is 1.95 bits per heavy atom. The first-order chi connectivity index (χ1) is 9.49. The lowest BCUT2D eigenvalue weighted by Crippen LogP contribution is -2.51. The van der Waals surface area contributed by atoms with Crippen molar-refractivity contribution in [1.29, 1.82) is 0 Å². The molecular formula is C14H16F2N2O2. The summed E-state index contributed by atoms with van der Waals surface area (Å²) in [6.45, 7) is 0.405. The third-order valence-corrected chi connectivity index (χ3v) is 3.43. The van der Waals surface area contributed by atoms with Gasteiger partial charge in [-0.05, 0) is 12.0 Å². The lowest BCUT2D eigenvalue weighted by atomic mass is 10.0. The number of imide groups is 1. The van der Waals surface area contributed by atoms with Crippen LogP contribution in [0, 0.1) is 0 Å². The fraction of sp³-hybridized carbons (Fsp3) is 0.429. The van der Waals surface area contributed by atoms with Gasteiger partial charge in [0.1, 0.15) is 0 Å². The van der Waals surface area contributed by atoms with Crippen molar-refractivity contribution in [2.75, 3.05) is 7.05 Å². The minimum Gasteiger partial charge on any atom is -0.302 e. The standard InChI is InChI=1S/C14H16F2N2O2/c1-18-12(19)7-6-11(14(18)20)17-8-9-2-4-10(5-3-9)13(15)16/h2-5,11,13,17H,6-8H2,1H3. The number of carbonyl (C=O) groups excluding carboxylic acids is 2. The Morgan fingerprint density at radius 3 is 2.55 bits per heavy atom. The molecule has 1 unspecified atom stereocenters. The van der Waals surface area contributed by atoms with Gasteiger partial charge in [0.2, 0.25) is 11.8 Å². The van der Waals surface area contributed by atoms with Crippen molar-refractivity contribution in [3.05, 3.63) is 35.4 Å². The first-order valence-corrected chi connectivity index (χ1v) is 6.40. The molecule has 1 aromatic rings. The maximum atomic E-state index is 12.4. The molecular weight excluding hydrogens is 266 g/mol. The topological polar surface area (TPSA) is 49.4 Å². The molecule has 0 radical (unpaired) electrons. The van der Waals surface area contributed by atoms with E-state index in [1.54, 1.807) is 12.1 Å². The summed E-state index contributed by atoms with van der Waals surface area (Å²) in [5, 5.41) is 3.06. The van der Waals surface area contributed by atoms with E-state index in [1.165, 1.54) is 19.2 Å². The number of hydrogen-bond donors (Lipinski definition) is 1. The van der Waals surface area contributed by atoms with E-state index in [4.69, 9.17) is 0 Å². The van der Waals surface area contributed by atoms with E-state index in [-0.39, 0.29) is 17.4 Å². The fourth-order valence-electron chi connectivity index (χ4n) is 2.13. The number of amides is 2. The van der Waals surface area contributed by atoms with Gasteiger partial charge in [-0.3, -0.25) is 14.5 Å². The van der Waals surface area contributed by atoms with E-state index >= 15 is 0 Å². The van der Waals surface area contributed by atoms with Crippen molar-refractivity contribution in [2.45, 2.75) is 31.9 Å². The van der Waals surface area contributed by atoms with Crippen LogP contribution in [0.4, 0.5) is 8.78 Å². The number of rotatable bonds is 4. The van der Waals surface area contributed by atoms with Crippen molar-refractivity contribution in [1.82, 2.24) is 10.2 Å². The molecule has 1 fully saturated rings. The van der Waals surface area contributed by atoms with E-state index in [0.29, 0.717) is 19.4 Å². The molecule has 1 atom stereocenters. The third-order valence-electron chi connectivity index (χ3n) is 3.43. The molecule has 0 bridgehead atoms. The average Bonchev–Trinajstić information content (AvgIpc) is 2.44. The van der Waals surface area contributed by atoms with E-state index < -0.39 is 12.5 Å². The van der Waals surface area contributed by atoms with Gasteiger partial charge >= 0.3 is 0 Å². The van der Waals surface area contributed by atoms with Gasteiger partial charge in [0, 0.05) is 25.6 Å². The molecule has 1 saturated heterocycles. The highest BCUT2D eigenvalue weighted by Crippen LogP contribution is 2.19. The number of nitrogens with zero attached hydrogens (tertiary/aromatic N) is 1. The summed E-state index contributed by atoms with van der Waals surface area (Å²) in [6, 6.07) is 5.57. The van der Waals surface area contributed by atoms with Crippen LogP contribution in [0.2, 0.25) is 0 Å². The molecule has 2 amide bonds. The molecule has 0 saturated carbocycles. The van der Waals surface area contributed by atoms with Crippen LogP contribution < -0.4 is 5.32 Å². The Bertz CT molecular complexity index is 502. The Kier molecular flexibility index (Phi) is 4.44. The maximum absolute atomic E-state index is 12.4. The predicted octanol–water partition coefficient (Wildman–Crippen LogP) is 1.86. The number of piperidine rings is 1. The summed E-state index contributed by atoms with van der Waals surface area (Å²) < 4.78 is 24.8. The van der Waals surface area contributed by atoms with Crippen LogP contribution in [0.15, 0.2) is 24.3 Å². The highest BCUT2D eigenvalue weighted by Gasteiger charge is 2.31. The van der Waals surface area contributed by atoms with E-state index in [2.05, 4.69) is 5.32 Å². The highest BCUT2D eigenvalue weighted by molar-refractivity contribution is 6.00. The molecule has 2 rings (SSSR count). The monoisotopic (exact) mass is 282 g/mol. The second-order valence-electron chi connectivity index (χ2n) is 4.81. The first-order valence-electron chi connectivity index (χ1n) is 6.40. The van der Waals surface area contributed by atoms with Gasteiger partial charge in [0.25, 0.3) is 6.43 Å². The Morgan fingerprint density at radius 1 is 1.30 bits per heavy atom. The predicted molar refractivity (Wildman–Crippen MR) is 69.0 cm³/mol. The second kappa shape index (κ2) is 6.09. The van der Waals surface area contributed by atoms with Crippen LogP contribution in [-0.4, -0.2) is 29.8 Å². The molecule has 6 heteroatoms. The smallest absolute Gasteiger partial charge is 0.263 e. The van der Waals surface area contributed by atoms with Crippen LogP contribution in [0.5, 0.6) is 0 Å². The van der Waals surface area contributed by atoms with Crippen LogP contribution >= 0.6 is 0 Å². The summed E-state index contributed by atoms with van der Waals surface area (Å²) in [5.41, 5.74) is 0.801. The molecule has 20 heavy (non-hydrogen) atoms. The number of likely N-dealkylation sites (tertiary alicyclic amines) is 1. The summed E-state index contributed by atoms with van der Waals surface area (Å²) in [4.78, 5) is 24.3. The zero-order valence-electron chi connectivity index (χ0n) is 11.1. The number of nitrogens with one attached hydrogen (secondary N) is 1. The zero-order valence-corrected chi connectivity index (χ0v) is 11.1. The lowest BCUT2D eigenvalue weighted by molar-refractivity contribution is -0.148. The summed E-state index contributed by atoms with van der Waals surface area (Å²) in [6.07, 6.45) is -1.67. The van der Waals surface area contributed by atoms with E-state index in [9.17, 15) is 18.4 Å². The molecule has 1 aliphatic rings. The molecule has 1 heterocycles. The third kappa shape index (κ3) is 3.19. The molecule has 4 nitrogen and oxygen atoms in total. The van der Waals surface area contributed by atoms with Gasteiger partial charge in [0.05, 0.1) is 6.04 Å². The van der Waals surface area contributed by atoms with Crippen LogP contribution in [-0.2, 0) is 16.1 Å². The van der Waals surface area contributed by atoms with Crippen molar-refractivity contribution in [3.63, 3.8) is 0 Å². The zero-order chi connectivity index (χ0) is 14.7. The van der Waals surface area contributed by atoms with Gasteiger partial charge in [-0.1, -0.05) is 24.3 Å². The molecule has 0 aliphatic carbocycles. The van der Waals surface area contributed by atoms with Crippen molar-refractivity contribution >= 4 is 11.8 Å². The Labute approximate surface area is 115 Å². The summed E-state index contributed by atoms with van der Waals surface area (Å²) in [7, 11) is 1.47. The van der Waals surface area contributed by atoms with Gasteiger partial charge in [0.15, 0.2) is 0 Å². The quantitative estimate of drug-likeness (QED) is 0.858. The largest absolute Gasteiger partial charge is 0.302 e. The normalized spacial score (nSPS) is 19.8. The van der Waals surface area contributed by atoms with Crippen LogP contribution in [0.25, 0.3) is 0 Å². The van der Waals surface area contributed by atoms with Gasteiger partial charge in [-0.2, -0.15) is 0 Å². The Hall–Kier alpha value is -1.82. The maximum Gasteiger partial charge on any atom is 0.263 e. The second-order valence-corrected chi connectivity index (χ2v) is 4.81. The molecule has 108 valence electrons. The van der Waals surface area contributed by atoms with Crippen molar-refractivity contribution < 1.29 is 18.4 Å². The van der Waals surface area contributed by atoms with Gasteiger partial charge in [-0.25, -0.2) is 8.78 Å². The van der Waals surface area contributed by atoms with Crippen molar-refractivity contribution in [3.8, 4) is 0 Å². The first kappa shape index (κ1) is 14.6. The molecule has 0 spiro atoms. The summed E-state index contributed by atoms with van der Waals surface area (Å²) in [5.74, 6) is -0.417. The number of halogens is 2. The highest BCUT2D eigenvalue weighted by atomic mass is 19.3. The van der Waals surface area contributed by atoms with E-state index in [1.807, 2.05) is 0 Å². The molecule has 1 aliphatic heterocycles. The van der Waals surface area contributed by atoms with Crippen molar-refractivity contribution in [2.24, 2.45) is 0 Å². The van der Waals surface area contributed by atoms with E-state index in [0.717, 1.165) is 10.5 Å². The molecule has 1 aromatic carbocycles. The minimum atomic E-state index is -2.48. The van der Waals surface area contributed by atoms with Crippen LogP contribution in [0.3, 0.4) is 0 Å². The summed E-state index contributed by atoms with van der Waals surface area (Å²) >= 11 is 0. The number of likely N-dealkylation sites (N-methyl/N-ethyl adjacent to an activating group) is 1. The lowest BCUT2D eigenvalue weighted by Gasteiger charge is -2.28. The number of alkyl halides is 2. The van der Waals surface area contributed by atoms with Crippen LogP contribution in [0.1, 0.15) is 30.4 Å². The molecule has 0 aromatic heterocycles. The SMILES string of the molecule is CN1C(=O)CCC(NCc2ccc(C(F)F)cc2)C1=O. The van der Waals surface area contributed by atoms with Gasteiger partial charge < -0.3 is 5.32 Å².